The quantitative estimate of drug-likeness (QED) is 0.422. The van der Waals surface area contributed by atoms with E-state index in [0.717, 1.165) is 0 Å². The van der Waals surface area contributed by atoms with Crippen molar-refractivity contribution in [3.63, 3.8) is 0 Å². The van der Waals surface area contributed by atoms with Gasteiger partial charge >= 0.3 is 60.6 Å². The first kappa shape index (κ1) is 16.1. The van der Waals surface area contributed by atoms with Gasteiger partial charge < -0.3 is 8.33 Å². The van der Waals surface area contributed by atoms with Crippen LogP contribution >= 0.6 is 0 Å². The third-order valence-corrected chi connectivity index (χ3v) is 0. The Morgan fingerprint density at radius 1 is 1.80 bits per heavy atom. The predicted molar refractivity (Wildman–Crippen MR) is 14.5 cm³/mol. The zero-order chi connectivity index (χ0) is 2.71. The molecule has 0 aliphatic heterocycles. The first-order valence-corrected chi connectivity index (χ1v) is 1.12. The summed E-state index contributed by atoms with van der Waals surface area (Å²) in [5, 5.41) is 0. The summed E-state index contributed by atoms with van der Waals surface area (Å²) in [4.78, 5) is 0. The molecule has 0 aromatic rings. The summed E-state index contributed by atoms with van der Waals surface area (Å²) in [6, 6.07) is 0. The monoisotopic (exact) mass is 151 g/mol. The Hall–Kier alpha value is 1.47. The van der Waals surface area contributed by atoms with Gasteiger partial charge in [0.25, 0.3) is 0 Å². The first-order chi connectivity index (χ1) is 1.41. The normalized spacial score (nSPS) is 4.20. The molecule has 0 radical (unpaired) electrons. The summed E-state index contributed by atoms with van der Waals surface area (Å²) in [6.07, 6.45) is 0. The second kappa shape index (κ2) is 17.9. The fraction of sp³-hybridized carbons (Fsp3) is 0. The van der Waals surface area contributed by atoms with Gasteiger partial charge in [-0.25, -0.2) is 0 Å². The van der Waals surface area contributed by atoms with Gasteiger partial charge in [0.2, 0.25) is 0 Å². The summed E-state index contributed by atoms with van der Waals surface area (Å²) in [7, 11) is 0. The van der Waals surface area contributed by atoms with E-state index < -0.39 is 14.7 Å². The van der Waals surface area contributed by atoms with Crippen LogP contribution < -0.4 is 0 Å². The van der Waals surface area contributed by atoms with Gasteiger partial charge in [0.05, 0.1) is 0 Å². The van der Waals surface area contributed by atoms with Crippen LogP contribution in [0.2, 0.25) is 0 Å². The molecule has 0 amide bonds. The van der Waals surface area contributed by atoms with Gasteiger partial charge in [0, 0.05) is 0 Å². The van der Waals surface area contributed by atoms with E-state index in [4.69, 9.17) is 8.15 Å². The molecule has 0 rings (SSSR count). The zero-order valence-corrected chi connectivity index (χ0v) is 5.57. The van der Waals surface area contributed by atoms with E-state index >= 15 is 0 Å². The first-order valence-electron chi connectivity index (χ1n) is 0.271. The summed E-state index contributed by atoms with van der Waals surface area (Å²) in [5.74, 6) is 0. The van der Waals surface area contributed by atoms with E-state index in [0.29, 0.717) is 0 Å². The summed E-state index contributed by atoms with van der Waals surface area (Å²) >= 11 is -0.625. The van der Waals surface area contributed by atoms with Crippen LogP contribution in [0.5, 0.6) is 0 Å². The minimum atomic E-state index is -0.625. The van der Waals surface area contributed by atoms with Crippen LogP contribution in [-0.2, 0) is 18.6 Å². The molecular formula is H5CaNiO3. The van der Waals surface area contributed by atoms with E-state index in [-0.39, 0.29) is 46.1 Å². The molecule has 0 aromatic heterocycles. The molecule has 0 bridgehead atoms. The molecule has 0 saturated carbocycles. The van der Waals surface area contributed by atoms with Crippen molar-refractivity contribution in [2.45, 2.75) is 0 Å². The standard InChI is InChI=1S/Ca.Ni.2H2O.O.2H/h;;2*1H2;;;/q+2;+1;;;;2*-1/p-1. The van der Waals surface area contributed by atoms with Gasteiger partial charge in [-0.15, -0.1) is 0 Å². The van der Waals surface area contributed by atoms with E-state index in [1.807, 2.05) is 0 Å². The van der Waals surface area contributed by atoms with Gasteiger partial charge in [0.15, 0.2) is 0 Å². The van der Waals surface area contributed by atoms with Crippen LogP contribution in [-0.4, -0.2) is 47.5 Å². The Morgan fingerprint density at radius 2 is 1.80 bits per heavy atom. The fourth-order valence-corrected chi connectivity index (χ4v) is 0. The third-order valence-electron chi connectivity index (χ3n) is 0. The molecule has 0 atom stereocenters. The number of hydrogen-bond donors (Lipinski definition) is 1. The van der Waals surface area contributed by atoms with Crippen LogP contribution in [0.4, 0.5) is 0 Å². The summed E-state index contributed by atoms with van der Waals surface area (Å²) < 4.78 is 15.4. The second-order valence-electron chi connectivity index (χ2n) is 0.0577. The minimum absolute atomic E-state index is 0. The molecule has 3 N–H and O–H groups in total. The van der Waals surface area contributed by atoms with E-state index in [2.05, 4.69) is 0 Å². The van der Waals surface area contributed by atoms with Gasteiger partial charge in [-0.05, 0) is 0 Å². The average molecular weight is 152 g/mol. The Bertz CT molecular complexity index is 20.4. The van der Waals surface area contributed by atoms with Crippen LogP contribution in [0.15, 0.2) is 0 Å². The van der Waals surface area contributed by atoms with Crippen molar-refractivity contribution in [2.75, 3.05) is 0 Å². The van der Waals surface area contributed by atoms with E-state index in [9.17, 15) is 0 Å². The SMILES string of the molecule is O.[Ca+2].[H-].[H-].[O]=[Ni][OH]. The van der Waals surface area contributed by atoms with Crippen molar-refractivity contribution in [2.24, 2.45) is 0 Å². The van der Waals surface area contributed by atoms with E-state index in [1.165, 1.54) is 0 Å². The molecule has 0 heterocycles. The van der Waals surface area contributed by atoms with E-state index in [1.54, 1.807) is 0 Å². The predicted octanol–water partition coefficient (Wildman–Crippen LogP) is -1.66. The van der Waals surface area contributed by atoms with Crippen LogP contribution in [0.3, 0.4) is 0 Å². The molecule has 0 aliphatic rings. The molecule has 35 valence electrons. The Balaban J connectivity index is -0.00000000333. The molecular weight excluding hydrogens is 147 g/mol. The molecule has 0 aromatic carbocycles. The van der Waals surface area contributed by atoms with Gasteiger partial charge in [0.1, 0.15) is 0 Å². The third kappa shape index (κ3) is 30.4. The molecule has 0 fully saturated rings. The number of hydrogen-bond acceptors (Lipinski definition) is 1. The zero-order valence-electron chi connectivity index (χ0n) is 4.38. The molecule has 0 unspecified atom stereocenters. The van der Waals surface area contributed by atoms with Gasteiger partial charge in [-0.3, -0.25) is 0 Å². The topological polar surface area (TPSA) is 68.8 Å². The maximum atomic E-state index is 8.42. The molecule has 3 nitrogen and oxygen atoms in total. The molecule has 0 saturated heterocycles. The van der Waals surface area contributed by atoms with Crippen molar-refractivity contribution < 1.29 is 31.2 Å². The summed E-state index contributed by atoms with van der Waals surface area (Å²) in [5.41, 5.74) is 0. The second-order valence-corrected chi connectivity index (χ2v) is 0.238. The molecule has 5 heavy (non-hydrogen) atoms. The van der Waals surface area contributed by atoms with Gasteiger partial charge in [-0.1, -0.05) is 0 Å². The van der Waals surface area contributed by atoms with Crippen molar-refractivity contribution in [3.05, 3.63) is 0 Å². The Labute approximate surface area is 68.3 Å². The Kier molecular flexibility index (Phi) is 57.6. The van der Waals surface area contributed by atoms with Gasteiger partial charge in [-0.2, -0.15) is 0 Å². The Morgan fingerprint density at radius 3 is 1.80 bits per heavy atom. The number of rotatable bonds is 0. The maximum absolute atomic E-state index is 8.42. The summed E-state index contributed by atoms with van der Waals surface area (Å²) in [6.45, 7) is 0. The molecule has 5 heteroatoms. The molecule has 0 spiro atoms. The average Bonchev–Trinajstić information content (AvgIpc) is 0.918. The fourth-order valence-electron chi connectivity index (χ4n) is 0. The van der Waals surface area contributed by atoms with Crippen LogP contribution in [0.25, 0.3) is 0 Å². The molecule has 0 aliphatic carbocycles. The van der Waals surface area contributed by atoms with Crippen molar-refractivity contribution >= 4 is 37.7 Å². The van der Waals surface area contributed by atoms with Crippen LogP contribution in [0.1, 0.15) is 2.85 Å². The van der Waals surface area contributed by atoms with Crippen molar-refractivity contribution in [1.29, 1.82) is 0 Å². The van der Waals surface area contributed by atoms with Crippen molar-refractivity contribution in [1.82, 2.24) is 0 Å². The van der Waals surface area contributed by atoms with Crippen LogP contribution in [0, 0.1) is 0 Å². The van der Waals surface area contributed by atoms with Crippen molar-refractivity contribution in [3.8, 4) is 0 Å².